The number of Topliss-reactive ketones (excluding diaryl/α,β-unsaturated/α-hetero) is 1. The third-order valence-corrected chi connectivity index (χ3v) is 4.54. The Morgan fingerprint density at radius 1 is 0.846 bits per heavy atom. The fourth-order valence-corrected chi connectivity index (χ4v) is 3.30. The smallest absolute Gasteiger partial charge is 0.160 e. The summed E-state index contributed by atoms with van der Waals surface area (Å²) in [5.74, 6) is 0.0189. The molecule has 0 unspecified atom stereocenters. The van der Waals surface area contributed by atoms with Crippen LogP contribution in [-0.2, 0) is 0 Å². The van der Waals surface area contributed by atoms with Gasteiger partial charge in [0, 0.05) is 22.1 Å². The molecule has 0 spiro atoms. The van der Waals surface area contributed by atoms with Crippen LogP contribution in [-0.4, -0.2) is 16.0 Å². The zero-order valence-corrected chi connectivity index (χ0v) is 14.7. The number of fused-ring (bicyclic) bond motifs is 1. The minimum Gasteiger partial charge on any atom is -0.294 e. The third kappa shape index (κ3) is 2.78. The van der Waals surface area contributed by atoms with Gasteiger partial charge in [-0.05, 0) is 31.0 Å². The predicted molar refractivity (Wildman–Crippen MR) is 105 cm³/mol. The quantitative estimate of drug-likeness (QED) is 0.465. The molecule has 0 aliphatic heterocycles. The van der Waals surface area contributed by atoms with Crippen molar-refractivity contribution in [3.8, 4) is 22.4 Å². The van der Waals surface area contributed by atoms with Crippen molar-refractivity contribution in [2.75, 3.05) is 0 Å². The number of aromatic nitrogens is 2. The molecule has 0 amide bonds. The van der Waals surface area contributed by atoms with E-state index in [9.17, 15) is 4.79 Å². The molecule has 0 atom stereocenters. The summed E-state index contributed by atoms with van der Waals surface area (Å²) in [5, 5.41) is 10.0. The molecule has 1 heterocycles. The van der Waals surface area contributed by atoms with Gasteiger partial charge in [-0.1, -0.05) is 66.7 Å². The summed E-state index contributed by atoms with van der Waals surface area (Å²) in [6, 6.07) is 23.9. The van der Waals surface area contributed by atoms with E-state index in [-0.39, 0.29) is 5.78 Å². The van der Waals surface area contributed by atoms with E-state index < -0.39 is 0 Å². The normalized spacial score (nSPS) is 10.8. The summed E-state index contributed by atoms with van der Waals surface area (Å²) in [6.07, 6.45) is 0. The van der Waals surface area contributed by atoms with Gasteiger partial charge in [0.05, 0.1) is 5.52 Å². The van der Waals surface area contributed by atoms with Gasteiger partial charge in [-0.2, -0.15) is 0 Å². The first-order valence-corrected chi connectivity index (χ1v) is 8.58. The summed E-state index contributed by atoms with van der Waals surface area (Å²) >= 11 is 0. The van der Waals surface area contributed by atoms with Gasteiger partial charge in [0.25, 0.3) is 0 Å². The monoisotopic (exact) mass is 338 g/mol. The largest absolute Gasteiger partial charge is 0.294 e. The summed E-state index contributed by atoms with van der Waals surface area (Å²) in [5.41, 5.74) is 6.27. The second kappa shape index (κ2) is 6.52. The molecular formula is C23H18N2O. The Kier molecular flexibility index (Phi) is 4.05. The van der Waals surface area contributed by atoms with Crippen LogP contribution in [0.25, 0.3) is 33.3 Å². The molecule has 0 N–H and O–H groups in total. The Hall–Kier alpha value is -3.33. The van der Waals surface area contributed by atoms with Gasteiger partial charge >= 0.3 is 0 Å². The minimum atomic E-state index is 0.0189. The highest BCUT2D eigenvalue weighted by Crippen LogP contribution is 2.37. The van der Waals surface area contributed by atoms with Crippen LogP contribution in [0.1, 0.15) is 22.8 Å². The van der Waals surface area contributed by atoms with Crippen LogP contribution in [0.5, 0.6) is 0 Å². The molecule has 126 valence electrons. The number of ketones is 1. The lowest BCUT2D eigenvalue weighted by Crippen LogP contribution is -2.01. The minimum absolute atomic E-state index is 0.0189. The number of carbonyl (C=O) groups is 1. The molecule has 0 radical (unpaired) electrons. The van der Waals surface area contributed by atoms with E-state index in [0.717, 1.165) is 38.9 Å². The van der Waals surface area contributed by atoms with Crippen LogP contribution in [0.15, 0.2) is 72.8 Å². The first-order valence-electron chi connectivity index (χ1n) is 8.58. The van der Waals surface area contributed by atoms with Gasteiger partial charge in [0.2, 0.25) is 0 Å². The molecule has 0 aliphatic carbocycles. The second-order valence-corrected chi connectivity index (χ2v) is 6.41. The van der Waals surface area contributed by atoms with Crippen molar-refractivity contribution in [3.63, 3.8) is 0 Å². The Bertz CT molecular complexity index is 1120. The number of rotatable bonds is 3. The van der Waals surface area contributed by atoms with Crippen LogP contribution in [0.2, 0.25) is 0 Å². The van der Waals surface area contributed by atoms with E-state index in [0.29, 0.717) is 5.56 Å². The Labute approximate surface area is 152 Å². The molecule has 0 saturated carbocycles. The Morgan fingerprint density at radius 3 is 2.35 bits per heavy atom. The molecule has 3 aromatic carbocycles. The molecule has 4 rings (SSSR count). The van der Waals surface area contributed by atoms with Crippen LogP contribution in [0, 0.1) is 6.92 Å². The highest BCUT2D eigenvalue weighted by atomic mass is 16.1. The van der Waals surface area contributed by atoms with Crippen molar-refractivity contribution in [3.05, 3.63) is 83.9 Å². The molecular weight excluding hydrogens is 320 g/mol. The third-order valence-electron chi connectivity index (χ3n) is 4.54. The van der Waals surface area contributed by atoms with Crippen molar-refractivity contribution in [2.24, 2.45) is 0 Å². The number of carbonyl (C=O) groups excluding carboxylic acids is 1. The summed E-state index contributed by atoms with van der Waals surface area (Å²) in [4.78, 5) is 12.1. The van der Waals surface area contributed by atoms with Gasteiger partial charge in [-0.15, -0.1) is 10.2 Å². The van der Waals surface area contributed by atoms with Gasteiger partial charge in [-0.25, -0.2) is 0 Å². The van der Waals surface area contributed by atoms with Gasteiger partial charge in [0.15, 0.2) is 5.78 Å². The van der Waals surface area contributed by atoms with Crippen molar-refractivity contribution in [1.29, 1.82) is 0 Å². The molecule has 3 heteroatoms. The summed E-state index contributed by atoms with van der Waals surface area (Å²) in [6.45, 7) is 3.63. The molecule has 26 heavy (non-hydrogen) atoms. The molecule has 3 nitrogen and oxygen atoms in total. The number of hydrogen-bond acceptors (Lipinski definition) is 3. The molecule has 0 aliphatic rings. The van der Waals surface area contributed by atoms with Crippen LogP contribution in [0.3, 0.4) is 0 Å². The second-order valence-electron chi connectivity index (χ2n) is 6.41. The first-order chi connectivity index (χ1) is 12.6. The number of nitrogens with zero attached hydrogens (tertiary/aromatic N) is 2. The van der Waals surface area contributed by atoms with E-state index in [2.05, 4.69) is 34.5 Å². The highest BCUT2D eigenvalue weighted by molar-refractivity contribution is 6.06. The molecule has 1 aromatic heterocycles. The molecule has 4 aromatic rings. The van der Waals surface area contributed by atoms with Crippen molar-refractivity contribution >= 4 is 16.7 Å². The van der Waals surface area contributed by atoms with Crippen LogP contribution >= 0.6 is 0 Å². The Morgan fingerprint density at radius 2 is 1.58 bits per heavy atom. The van der Waals surface area contributed by atoms with Gasteiger partial charge in [0.1, 0.15) is 5.69 Å². The number of hydrogen-bond donors (Lipinski definition) is 0. The lowest BCUT2D eigenvalue weighted by Gasteiger charge is -2.14. The highest BCUT2D eigenvalue weighted by Gasteiger charge is 2.18. The van der Waals surface area contributed by atoms with E-state index in [1.54, 1.807) is 6.92 Å². The Balaban J connectivity index is 2.11. The first kappa shape index (κ1) is 16.2. The fourth-order valence-electron chi connectivity index (χ4n) is 3.30. The van der Waals surface area contributed by atoms with E-state index in [4.69, 9.17) is 0 Å². The maximum absolute atomic E-state index is 12.1. The predicted octanol–water partition coefficient (Wildman–Crippen LogP) is 5.47. The van der Waals surface area contributed by atoms with Crippen molar-refractivity contribution in [2.45, 2.75) is 13.8 Å². The number of aryl methyl sites for hydroxylation is 1. The zero-order valence-electron chi connectivity index (χ0n) is 14.7. The van der Waals surface area contributed by atoms with Gasteiger partial charge < -0.3 is 0 Å². The molecule has 0 fully saturated rings. The molecule has 0 bridgehead atoms. The average molecular weight is 338 g/mol. The standard InChI is InChI=1S/C23H18N2O/c1-15-12-13-20-21(14-15)24-25-23(22(20)17-8-4-3-5-9-17)19-11-7-6-10-18(19)16(2)26/h3-14H,1-2H3. The maximum Gasteiger partial charge on any atom is 0.160 e. The van der Waals surface area contributed by atoms with E-state index >= 15 is 0 Å². The maximum atomic E-state index is 12.1. The summed E-state index contributed by atoms with van der Waals surface area (Å²) < 4.78 is 0. The van der Waals surface area contributed by atoms with Crippen molar-refractivity contribution in [1.82, 2.24) is 10.2 Å². The number of benzene rings is 3. The zero-order chi connectivity index (χ0) is 18.1. The lowest BCUT2D eigenvalue weighted by atomic mass is 9.92. The fraction of sp³-hybridized carbons (Fsp3) is 0.0870. The van der Waals surface area contributed by atoms with Crippen LogP contribution < -0.4 is 0 Å². The summed E-state index contributed by atoms with van der Waals surface area (Å²) in [7, 11) is 0. The lowest BCUT2D eigenvalue weighted by molar-refractivity contribution is 0.101. The average Bonchev–Trinajstić information content (AvgIpc) is 2.67. The molecule has 0 saturated heterocycles. The van der Waals surface area contributed by atoms with E-state index in [1.165, 1.54) is 0 Å². The SMILES string of the molecule is CC(=O)c1ccccc1-c1nnc2cc(C)ccc2c1-c1ccccc1. The van der Waals surface area contributed by atoms with Crippen molar-refractivity contribution < 1.29 is 4.79 Å². The van der Waals surface area contributed by atoms with Gasteiger partial charge in [-0.3, -0.25) is 4.79 Å². The van der Waals surface area contributed by atoms with Crippen LogP contribution in [0.4, 0.5) is 0 Å². The van der Waals surface area contributed by atoms with E-state index in [1.807, 2.05) is 55.5 Å². The topological polar surface area (TPSA) is 42.9 Å².